The van der Waals surface area contributed by atoms with E-state index in [-0.39, 0.29) is 60.0 Å². The fourth-order valence-electron chi connectivity index (χ4n) is 4.38. The van der Waals surface area contributed by atoms with Crippen LogP contribution in [-0.2, 0) is 19.1 Å². The van der Waals surface area contributed by atoms with E-state index in [4.69, 9.17) is 4.74 Å². The normalized spacial score (nSPS) is 26.5. The number of carbonyl (C=O) groups excluding carboxylic acids is 3. The molecule has 2 rings (SSSR count). The van der Waals surface area contributed by atoms with Crippen molar-refractivity contribution in [2.24, 2.45) is 5.92 Å². The number of nitrogens with one attached hydrogen (secondary N) is 1. The summed E-state index contributed by atoms with van der Waals surface area (Å²) >= 11 is 0. The number of carboxylic acid groups (broad SMARTS) is 1. The van der Waals surface area contributed by atoms with Gasteiger partial charge in [-0.1, -0.05) is 26.2 Å². The number of carboxylic acids is 1. The van der Waals surface area contributed by atoms with E-state index in [9.17, 15) is 19.5 Å². The van der Waals surface area contributed by atoms with Crippen molar-refractivity contribution in [2.75, 3.05) is 6.61 Å². The summed E-state index contributed by atoms with van der Waals surface area (Å²) in [6.07, 6.45) is 5.69. The number of ether oxygens (including phenoxy) is 1. The predicted molar refractivity (Wildman–Crippen MR) is 93.9 cm³/mol. The topological polar surface area (TPSA) is 98.8 Å². The van der Waals surface area contributed by atoms with Gasteiger partial charge in [0.05, 0.1) is 24.7 Å². The molecule has 0 aromatic rings. The first-order chi connectivity index (χ1) is 12.4. The maximum Gasteiger partial charge on any atom is 1.00 e. The van der Waals surface area contributed by atoms with Gasteiger partial charge >= 0.3 is 35.5 Å². The first kappa shape index (κ1) is 24.4. The molecule has 1 N–H and O–H groups in total. The zero-order chi connectivity index (χ0) is 19.3. The Hall–Kier alpha value is -0.630. The van der Waals surface area contributed by atoms with Crippen molar-refractivity contribution < 1.29 is 53.8 Å². The smallest absolute Gasteiger partial charge is 0.548 e. The van der Waals surface area contributed by atoms with Gasteiger partial charge in [-0.15, -0.1) is 0 Å². The molecule has 0 bridgehead atoms. The Labute approximate surface area is 183 Å². The van der Waals surface area contributed by atoms with Gasteiger partial charge in [-0.3, -0.25) is 14.9 Å². The molecule has 0 radical (unpaired) electrons. The molecule has 0 unspecified atom stereocenters. The second-order valence-corrected chi connectivity index (χ2v) is 7.41. The number of carbonyl (C=O) groups is 3. The maximum atomic E-state index is 13.1. The van der Waals surface area contributed by atoms with Crippen LogP contribution in [0, 0.1) is 5.92 Å². The first-order valence-electron chi connectivity index (χ1n) is 9.86. The summed E-state index contributed by atoms with van der Waals surface area (Å²) in [4.78, 5) is 38.3. The standard InChI is InChI=1S/C19H32N2O5.Na/c1-4-8-14(19(25)26-5-2)20-12(3)17(22)21-15-10-7-6-9-13(15)11-16(21)18(23)24;/h12-16,20H,4-11H2,1-3H3,(H,23,24);/q;+1/p-1/t12-,13-,14-,15-,16+;/m0./s1. The predicted octanol–water partition coefficient (Wildman–Crippen LogP) is -2.39. The number of rotatable bonds is 8. The van der Waals surface area contributed by atoms with Gasteiger partial charge in [0, 0.05) is 6.04 Å². The van der Waals surface area contributed by atoms with Gasteiger partial charge < -0.3 is 19.5 Å². The van der Waals surface area contributed by atoms with Crippen molar-refractivity contribution in [3.05, 3.63) is 0 Å². The summed E-state index contributed by atoms with van der Waals surface area (Å²) in [6, 6.07) is -2.12. The summed E-state index contributed by atoms with van der Waals surface area (Å²) in [7, 11) is 0. The molecule has 5 atom stereocenters. The average molecular weight is 390 g/mol. The minimum absolute atomic E-state index is 0. The van der Waals surface area contributed by atoms with Gasteiger partial charge in [0.25, 0.3) is 0 Å². The Bertz CT molecular complexity index is 530. The van der Waals surface area contributed by atoms with E-state index in [0.29, 0.717) is 12.8 Å². The van der Waals surface area contributed by atoms with Crippen LogP contribution in [0.5, 0.6) is 0 Å². The Morgan fingerprint density at radius 3 is 2.48 bits per heavy atom. The molecule has 0 aromatic heterocycles. The molecule has 27 heavy (non-hydrogen) atoms. The Morgan fingerprint density at radius 2 is 1.89 bits per heavy atom. The van der Waals surface area contributed by atoms with Crippen molar-refractivity contribution in [1.29, 1.82) is 0 Å². The Balaban J connectivity index is 0.00000364. The SMILES string of the molecule is CCC[C@H](N[C@@H](C)C(=O)N1[C@@H](C(=O)[O-])C[C@@H]2CCCC[C@@H]21)C(=O)OCC.[Na+]. The number of likely N-dealkylation sites (tertiary alicyclic amines) is 1. The van der Waals surface area contributed by atoms with Crippen LogP contribution in [0.25, 0.3) is 0 Å². The third-order valence-electron chi connectivity index (χ3n) is 5.58. The first-order valence-corrected chi connectivity index (χ1v) is 9.86. The van der Waals surface area contributed by atoms with Crippen LogP contribution in [-0.4, -0.2) is 53.5 Å². The van der Waals surface area contributed by atoms with E-state index in [1.807, 2.05) is 6.92 Å². The average Bonchev–Trinajstić information content (AvgIpc) is 3.00. The molecule has 2 aliphatic rings. The van der Waals surface area contributed by atoms with Crippen LogP contribution in [0.3, 0.4) is 0 Å². The van der Waals surface area contributed by atoms with Crippen LogP contribution < -0.4 is 40.0 Å². The number of esters is 1. The molecule has 8 heteroatoms. The number of hydrogen-bond donors (Lipinski definition) is 1. The number of aliphatic carboxylic acids is 1. The van der Waals surface area contributed by atoms with Gasteiger partial charge in [-0.25, -0.2) is 0 Å². The summed E-state index contributed by atoms with van der Waals surface area (Å²) in [6.45, 7) is 5.67. The van der Waals surface area contributed by atoms with Crippen LogP contribution in [0.1, 0.15) is 65.7 Å². The van der Waals surface area contributed by atoms with Crippen LogP contribution in [0.2, 0.25) is 0 Å². The van der Waals surface area contributed by atoms with Crippen molar-refractivity contribution in [2.45, 2.75) is 89.9 Å². The molecule has 1 aliphatic heterocycles. The minimum atomic E-state index is -1.18. The van der Waals surface area contributed by atoms with Crippen molar-refractivity contribution in [1.82, 2.24) is 10.2 Å². The second-order valence-electron chi connectivity index (χ2n) is 7.41. The number of hydrogen-bond acceptors (Lipinski definition) is 6. The quantitative estimate of drug-likeness (QED) is 0.367. The van der Waals surface area contributed by atoms with Gasteiger partial charge in [-0.05, 0) is 45.4 Å². The molecule has 1 heterocycles. The molecule has 2 fully saturated rings. The molecule has 1 aliphatic carbocycles. The third kappa shape index (κ3) is 5.92. The minimum Gasteiger partial charge on any atom is -0.548 e. The number of amides is 1. The molecule has 7 nitrogen and oxygen atoms in total. The molecule has 1 amide bonds. The molecule has 1 saturated heterocycles. The van der Waals surface area contributed by atoms with E-state index in [0.717, 1.165) is 32.1 Å². The Kier molecular flexibility index (Phi) is 10.3. The van der Waals surface area contributed by atoms with E-state index < -0.39 is 24.1 Å². The van der Waals surface area contributed by atoms with Gasteiger partial charge in [0.1, 0.15) is 6.04 Å². The molecule has 148 valence electrons. The van der Waals surface area contributed by atoms with Crippen LogP contribution in [0.15, 0.2) is 0 Å². The fourth-order valence-corrected chi connectivity index (χ4v) is 4.38. The monoisotopic (exact) mass is 390 g/mol. The van der Waals surface area contributed by atoms with Crippen LogP contribution >= 0.6 is 0 Å². The maximum absolute atomic E-state index is 13.1. The van der Waals surface area contributed by atoms with Gasteiger partial charge in [0.15, 0.2) is 0 Å². The molecule has 0 aromatic carbocycles. The summed E-state index contributed by atoms with van der Waals surface area (Å²) in [5.41, 5.74) is 0. The summed E-state index contributed by atoms with van der Waals surface area (Å²) in [5.74, 6) is -1.59. The van der Waals surface area contributed by atoms with Gasteiger partial charge in [-0.2, -0.15) is 0 Å². The molecule has 1 saturated carbocycles. The second kappa shape index (κ2) is 11.4. The largest absolute Gasteiger partial charge is 1.00 e. The molecular formula is C19H31N2NaO5. The third-order valence-corrected chi connectivity index (χ3v) is 5.58. The molecular weight excluding hydrogens is 359 g/mol. The van der Waals surface area contributed by atoms with E-state index in [1.54, 1.807) is 13.8 Å². The Morgan fingerprint density at radius 1 is 1.22 bits per heavy atom. The zero-order valence-electron chi connectivity index (χ0n) is 17.0. The van der Waals surface area contributed by atoms with Crippen molar-refractivity contribution in [3.8, 4) is 0 Å². The van der Waals surface area contributed by atoms with E-state index in [2.05, 4.69) is 5.32 Å². The van der Waals surface area contributed by atoms with E-state index >= 15 is 0 Å². The van der Waals surface area contributed by atoms with Crippen molar-refractivity contribution in [3.63, 3.8) is 0 Å². The van der Waals surface area contributed by atoms with Crippen LogP contribution in [0.4, 0.5) is 0 Å². The fraction of sp³-hybridized carbons (Fsp3) is 0.842. The van der Waals surface area contributed by atoms with E-state index in [1.165, 1.54) is 4.90 Å². The summed E-state index contributed by atoms with van der Waals surface area (Å²) < 4.78 is 5.08. The summed E-state index contributed by atoms with van der Waals surface area (Å²) in [5, 5.41) is 14.7. The van der Waals surface area contributed by atoms with Gasteiger partial charge in [0.2, 0.25) is 5.91 Å². The molecule has 0 spiro atoms. The number of nitrogens with zero attached hydrogens (tertiary/aromatic N) is 1. The zero-order valence-corrected chi connectivity index (χ0v) is 19.0. The van der Waals surface area contributed by atoms with Crippen molar-refractivity contribution >= 4 is 17.8 Å². The number of fused-ring (bicyclic) bond motifs is 1.